The van der Waals surface area contributed by atoms with E-state index in [1.807, 2.05) is 11.0 Å². The van der Waals surface area contributed by atoms with Gasteiger partial charge in [-0.1, -0.05) is 6.07 Å². The molecule has 1 aromatic rings. The minimum absolute atomic E-state index is 0.0570. The molecule has 2 aliphatic carbocycles. The molecule has 6 nitrogen and oxygen atoms in total. The summed E-state index contributed by atoms with van der Waals surface area (Å²) in [5.41, 5.74) is 2.93. The first kappa shape index (κ1) is 21.9. The molecule has 0 bridgehead atoms. The minimum atomic E-state index is -0.845. The van der Waals surface area contributed by atoms with Crippen LogP contribution in [0.5, 0.6) is 0 Å². The maximum atomic E-state index is 12.6. The van der Waals surface area contributed by atoms with Gasteiger partial charge in [0, 0.05) is 19.5 Å². The third-order valence-corrected chi connectivity index (χ3v) is 8.64. The number of benzene rings is 1. The van der Waals surface area contributed by atoms with Gasteiger partial charge >= 0.3 is 5.97 Å². The number of morpholine rings is 1. The second-order valence-electron chi connectivity index (χ2n) is 10.4. The highest BCUT2D eigenvalue weighted by atomic mass is 16.5. The number of aromatic carboxylic acids is 1. The summed E-state index contributed by atoms with van der Waals surface area (Å²) in [6.07, 6.45) is 6.81. The van der Waals surface area contributed by atoms with Crippen LogP contribution in [0.3, 0.4) is 0 Å². The number of rotatable bonds is 5. The van der Waals surface area contributed by atoms with Crippen molar-refractivity contribution in [2.75, 3.05) is 32.9 Å². The molecule has 1 N–H and O–H groups in total. The zero-order chi connectivity index (χ0) is 22.3. The molecule has 3 fully saturated rings. The van der Waals surface area contributed by atoms with Crippen molar-refractivity contribution in [3.8, 4) is 0 Å². The number of hydrogen-bond donors (Lipinski definition) is 1. The van der Waals surface area contributed by atoms with E-state index in [9.17, 15) is 14.7 Å². The monoisotopic (exact) mass is 441 g/mol. The van der Waals surface area contributed by atoms with Crippen LogP contribution in [0.2, 0.25) is 0 Å². The van der Waals surface area contributed by atoms with Gasteiger partial charge in [0.1, 0.15) is 0 Å². The highest BCUT2D eigenvalue weighted by Crippen LogP contribution is 2.58. The van der Waals surface area contributed by atoms with E-state index in [0.29, 0.717) is 48.9 Å². The van der Waals surface area contributed by atoms with E-state index in [4.69, 9.17) is 9.47 Å². The second-order valence-corrected chi connectivity index (χ2v) is 10.4. The normalized spacial score (nSPS) is 33.8. The molecule has 1 amide bonds. The van der Waals surface area contributed by atoms with Crippen molar-refractivity contribution in [1.29, 1.82) is 0 Å². The van der Waals surface area contributed by atoms with Gasteiger partial charge in [0.2, 0.25) is 5.91 Å². The summed E-state index contributed by atoms with van der Waals surface area (Å²) in [4.78, 5) is 25.9. The Bertz CT molecular complexity index is 879. The van der Waals surface area contributed by atoms with E-state index in [2.05, 4.69) is 13.0 Å². The molecule has 4 aliphatic rings. The van der Waals surface area contributed by atoms with Gasteiger partial charge in [0.15, 0.2) is 0 Å². The molecule has 174 valence electrons. The molecule has 0 aromatic heterocycles. The van der Waals surface area contributed by atoms with Crippen LogP contribution in [0.15, 0.2) is 18.2 Å². The Hall–Kier alpha value is -1.92. The van der Waals surface area contributed by atoms with Gasteiger partial charge in [0.05, 0.1) is 31.0 Å². The lowest BCUT2D eigenvalue weighted by molar-refractivity contribution is -0.135. The molecule has 2 aliphatic heterocycles. The van der Waals surface area contributed by atoms with Crippen molar-refractivity contribution in [2.24, 2.45) is 17.8 Å². The number of carboxylic acid groups (broad SMARTS) is 1. The molecule has 0 spiro atoms. The average Bonchev–Trinajstić information content (AvgIpc) is 3.15. The van der Waals surface area contributed by atoms with Crippen LogP contribution in [0.1, 0.15) is 72.9 Å². The van der Waals surface area contributed by atoms with E-state index in [1.54, 1.807) is 6.07 Å². The Kier molecular flexibility index (Phi) is 6.01. The molecule has 2 heterocycles. The Morgan fingerprint density at radius 1 is 1.22 bits per heavy atom. The van der Waals surface area contributed by atoms with Gasteiger partial charge in [0.25, 0.3) is 0 Å². The lowest BCUT2D eigenvalue weighted by atomic mass is 9.56. The number of ether oxygens (including phenoxy) is 2. The molecule has 1 aromatic carbocycles. The van der Waals surface area contributed by atoms with E-state index < -0.39 is 5.97 Å². The molecule has 0 radical (unpaired) electrons. The smallest absolute Gasteiger partial charge is 0.335 e. The van der Waals surface area contributed by atoms with Crippen molar-refractivity contribution in [2.45, 2.75) is 63.4 Å². The van der Waals surface area contributed by atoms with Gasteiger partial charge in [-0.3, -0.25) is 4.79 Å². The number of fused-ring (bicyclic) bond motifs is 5. The Balaban J connectivity index is 1.26. The molecule has 2 saturated heterocycles. The van der Waals surface area contributed by atoms with Crippen molar-refractivity contribution in [3.05, 3.63) is 34.9 Å². The molecule has 1 saturated carbocycles. The van der Waals surface area contributed by atoms with E-state index >= 15 is 0 Å². The van der Waals surface area contributed by atoms with E-state index in [0.717, 1.165) is 58.2 Å². The predicted octanol–water partition coefficient (Wildman–Crippen LogP) is 3.88. The zero-order valence-corrected chi connectivity index (χ0v) is 19.1. The average molecular weight is 442 g/mol. The Morgan fingerprint density at radius 3 is 2.81 bits per heavy atom. The highest BCUT2D eigenvalue weighted by molar-refractivity contribution is 5.88. The zero-order valence-electron chi connectivity index (χ0n) is 19.1. The highest BCUT2D eigenvalue weighted by Gasteiger charge is 2.55. The van der Waals surface area contributed by atoms with Crippen LogP contribution in [0.4, 0.5) is 0 Å². The number of hydrogen-bond acceptors (Lipinski definition) is 4. The standard InChI is InChI=1S/C26H35NO5/c1-26-10-9-21-20-7-6-18(25(29)30)15-17(20)5-8-22(21)24(26)19(16-32-26)3-2-4-23(28)27-11-13-31-14-12-27/h6-7,15,19,21-22,24H,2-5,8-14,16H2,1H3,(H,29,30)/t19-,21+,22+,24-,26-/m0/s1. The number of carboxylic acids is 1. The fourth-order valence-corrected chi connectivity index (χ4v) is 7.10. The molecule has 5 atom stereocenters. The van der Waals surface area contributed by atoms with Crippen molar-refractivity contribution >= 4 is 11.9 Å². The van der Waals surface area contributed by atoms with Crippen molar-refractivity contribution in [1.82, 2.24) is 4.90 Å². The first-order valence-corrected chi connectivity index (χ1v) is 12.3. The first-order chi connectivity index (χ1) is 15.5. The van der Waals surface area contributed by atoms with Crippen LogP contribution in [-0.4, -0.2) is 60.4 Å². The lowest BCUT2D eigenvalue weighted by Crippen LogP contribution is -2.46. The van der Waals surface area contributed by atoms with Crippen molar-refractivity contribution in [3.63, 3.8) is 0 Å². The van der Waals surface area contributed by atoms with Gasteiger partial charge in [-0.05, 0) is 92.4 Å². The van der Waals surface area contributed by atoms with Gasteiger partial charge in [-0.2, -0.15) is 0 Å². The van der Waals surface area contributed by atoms with Crippen LogP contribution >= 0.6 is 0 Å². The minimum Gasteiger partial charge on any atom is -0.478 e. The number of carbonyl (C=O) groups is 2. The second kappa shape index (κ2) is 8.79. The molecular formula is C26H35NO5. The summed E-state index contributed by atoms with van der Waals surface area (Å²) < 4.78 is 11.8. The van der Waals surface area contributed by atoms with Crippen LogP contribution in [0, 0.1) is 17.8 Å². The van der Waals surface area contributed by atoms with Crippen molar-refractivity contribution < 1.29 is 24.2 Å². The van der Waals surface area contributed by atoms with Crippen LogP contribution in [0.25, 0.3) is 0 Å². The van der Waals surface area contributed by atoms with Crippen LogP contribution in [-0.2, 0) is 20.7 Å². The van der Waals surface area contributed by atoms with Crippen LogP contribution < -0.4 is 0 Å². The van der Waals surface area contributed by atoms with E-state index in [-0.39, 0.29) is 11.5 Å². The molecule has 6 heteroatoms. The topological polar surface area (TPSA) is 76.1 Å². The lowest BCUT2D eigenvalue weighted by Gasteiger charge is -2.49. The fraction of sp³-hybridized carbons (Fsp3) is 0.692. The number of amides is 1. The first-order valence-electron chi connectivity index (χ1n) is 12.3. The Morgan fingerprint density at radius 2 is 2.03 bits per heavy atom. The Labute approximate surface area is 190 Å². The fourth-order valence-electron chi connectivity index (χ4n) is 7.10. The summed E-state index contributed by atoms with van der Waals surface area (Å²) in [6, 6.07) is 5.74. The quantitative estimate of drug-likeness (QED) is 0.751. The van der Waals surface area contributed by atoms with Gasteiger partial charge in [-0.15, -0.1) is 0 Å². The summed E-state index contributed by atoms with van der Waals surface area (Å²) in [7, 11) is 0. The maximum absolute atomic E-state index is 12.6. The molecule has 5 rings (SSSR count). The summed E-state index contributed by atoms with van der Waals surface area (Å²) >= 11 is 0. The number of aryl methyl sites for hydroxylation is 1. The largest absolute Gasteiger partial charge is 0.478 e. The van der Waals surface area contributed by atoms with Gasteiger partial charge in [-0.25, -0.2) is 4.79 Å². The molecule has 0 unspecified atom stereocenters. The van der Waals surface area contributed by atoms with Gasteiger partial charge < -0.3 is 19.5 Å². The third kappa shape index (κ3) is 3.96. The SMILES string of the molecule is C[C@]12CC[C@@H]3c4ccc(C(=O)O)cc4CC[C@H]3[C@@H]1[C@@H](CCCC(=O)N1CCOCC1)CO2. The number of nitrogens with zero attached hydrogens (tertiary/aromatic N) is 1. The maximum Gasteiger partial charge on any atom is 0.335 e. The third-order valence-electron chi connectivity index (χ3n) is 8.64. The predicted molar refractivity (Wildman–Crippen MR) is 120 cm³/mol. The van der Waals surface area contributed by atoms with E-state index in [1.165, 1.54) is 11.1 Å². The summed E-state index contributed by atoms with van der Waals surface area (Å²) in [5, 5.41) is 9.37. The summed E-state index contributed by atoms with van der Waals surface area (Å²) in [5.74, 6) is 1.52. The molecule has 32 heavy (non-hydrogen) atoms. The molecular weight excluding hydrogens is 406 g/mol. The summed E-state index contributed by atoms with van der Waals surface area (Å²) in [6.45, 7) is 5.86. The number of carbonyl (C=O) groups excluding carboxylic acids is 1.